The number of hydrogen-bond acceptors (Lipinski definition) is 11. The fourth-order valence-electron chi connectivity index (χ4n) is 9.15. The molecule has 2 aromatic heterocycles. The van der Waals surface area contributed by atoms with Gasteiger partial charge in [-0.25, -0.2) is 14.0 Å². The molecule has 5 aromatic rings. The Kier molecular flexibility index (Phi) is 22.9. The maximum atomic E-state index is 12.8. The Labute approximate surface area is 447 Å². The normalized spacial score (nSPS) is 18.5. The number of nitrogens with one attached hydrogen (secondary N) is 2. The number of carbonyl (C=O) groups is 2. The fourth-order valence-corrected chi connectivity index (χ4v) is 9.71. The van der Waals surface area contributed by atoms with Crippen LogP contribution in [0.4, 0.5) is 11.4 Å². The minimum atomic E-state index is -1.12. The van der Waals surface area contributed by atoms with E-state index in [0.717, 1.165) is 101 Å². The molecule has 2 saturated heterocycles. The number of benzene rings is 3. The number of piperazine rings is 1. The summed E-state index contributed by atoms with van der Waals surface area (Å²) in [4.78, 5) is 44.8. The summed E-state index contributed by atoms with van der Waals surface area (Å²) in [6, 6.07) is 21.8. The molecule has 6 atom stereocenters. The molecule has 74 heavy (non-hydrogen) atoms. The van der Waals surface area contributed by atoms with E-state index in [1.54, 1.807) is 52.0 Å². The monoisotopic (exact) mass is 1060 g/mol. The number of anilines is 1. The van der Waals surface area contributed by atoms with Crippen molar-refractivity contribution in [1.29, 1.82) is 0 Å². The molecule has 7 rings (SSSR count). The number of ether oxygens (including phenoxy) is 5. The van der Waals surface area contributed by atoms with E-state index in [-0.39, 0.29) is 36.2 Å². The number of aromatic amines is 1. The molecule has 3 aromatic carbocycles. The zero-order valence-corrected chi connectivity index (χ0v) is 46.1. The molecule has 0 bridgehead atoms. The van der Waals surface area contributed by atoms with Crippen molar-refractivity contribution in [3.05, 3.63) is 112 Å². The van der Waals surface area contributed by atoms with Gasteiger partial charge in [0.25, 0.3) is 0 Å². The summed E-state index contributed by atoms with van der Waals surface area (Å²) in [5.74, 6) is -0.526. The van der Waals surface area contributed by atoms with E-state index in [9.17, 15) is 14.4 Å². The number of halogens is 2. The smallest absolute Gasteiger partial charge is 0.350 e. The zero-order valence-electron chi connectivity index (χ0n) is 44.6. The second-order valence-electron chi connectivity index (χ2n) is 19.8. The second-order valence-corrected chi connectivity index (χ2v) is 20.6. The van der Waals surface area contributed by atoms with E-state index in [4.69, 9.17) is 46.9 Å². The van der Waals surface area contributed by atoms with Crippen LogP contribution in [0.3, 0.4) is 0 Å². The first-order valence-electron chi connectivity index (χ1n) is 26.9. The van der Waals surface area contributed by atoms with Gasteiger partial charge < -0.3 is 28.6 Å². The van der Waals surface area contributed by atoms with E-state index in [1.807, 2.05) is 37.3 Å². The quantitative estimate of drug-likeness (QED) is 0.0402. The van der Waals surface area contributed by atoms with Crippen molar-refractivity contribution < 1.29 is 42.9 Å². The van der Waals surface area contributed by atoms with Crippen molar-refractivity contribution in [1.82, 2.24) is 24.4 Å². The van der Waals surface area contributed by atoms with Crippen LogP contribution in [-0.4, -0.2) is 95.1 Å². The Hall–Kier alpha value is -5.26. The van der Waals surface area contributed by atoms with Gasteiger partial charge in [-0.05, 0) is 91.5 Å². The average molecular weight is 1060 g/mol. The summed E-state index contributed by atoms with van der Waals surface area (Å²) < 4.78 is 34.6. The minimum Gasteiger partial charge on any atom is -0.491 e. The van der Waals surface area contributed by atoms with Gasteiger partial charge in [0, 0.05) is 28.4 Å². The summed E-state index contributed by atoms with van der Waals surface area (Å²) in [6.07, 6.45) is 14.4. The highest BCUT2D eigenvalue weighted by Gasteiger charge is 2.47. The van der Waals surface area contributed by atoms with Crippen molar-refractivity contribution >= 4 is 46.5 Å². The highest BCUT2D eigenvalue weighted by Crippen LogP contribution is 2.39. The lowest BCUT2D eigenvalue weighted by Gasteiger charge is -2.33. The van der Waals surface area contributed by atoms with E-state index >= 15 is 0 Å². The van der Waals surface area contributed by atoms with Crippen molar-refractivity contribution in [3.63, 3.8) is 0 Å². The number of hydrogen-bond donors (Lipinski definition) is 2. The lowest BCUT2D eigenvalue weighted by molar-refractivity contribution is -0.833. The minimum absolute atomic E-state index is 0.0677. The Morgan fingerprint density at radius 2 is 1.54 bits per heavy atom. The summed E-state index contributed by atoms with van der Waals surface area (Å²) >= 11 is 12.8. The Morgan fingerprint density at radius 3 is 2.15 bits per heavy atom. The number of carbonyl (C=O) groups excluding carboxylic acids is 2. The maximum absolute atomic E-state index is 12.8. The van der Waals surface area contributed by atoms with Gasteiger partial charge in [0.05, 0.1) is 75.1 Å². The van der Waals surface area contributed by atoms with Gasteiger partial charge in [-0.2, -0.15) is 14.9 Å². The number of quaternary nitrogens is 1. The SMILES string of the molecule is CCC(C)n1ncn(-c2ccc(N3CC[NH+](c4ccc(OC[C@H]5CO[C@](C[n+]6cnc[nH]6)(c6ccc(Cl)cc6Cl)O5)cc4)CC3)cc2)c1=O.CCCCC(CC)COC(=O)CC(C)C(=O)OCC(CC)CCCC. The third-order valence-electron chi connectivity index (χ3n) is 14.2. The number of esters is 2. The predicted octanol–water partition coefficient (Wildman–Crippen LogP) is 9.24. The summed E-state index contributed by atoms with van der Waals surface area (Å²) in [5.41, 5.74) is 3.78. The van der Waals surface area contributed by atoms with Crippen LogP contribution in [0, 0.1) is 17.8 Å². The first-order valence-corrected chi connectivity index (χ1v) is 27.6. The molecule has 0 amide bonds. The molecule has 2 N–H and O–H groups in total. The van der Waals surface area contributed by atoms with Crippen LogP contribution in [0.1, 0.15) is 124 Å². The van der Waals surface area contributed by atoms with E-state index in [2.05, 4.69) is 79.0 Å². The number of unbranched alkanes of at least 4 members (excludes halogenated alkanes) is 2. The zero-order chi connectivity index (χ0) is 53.0. The van der Waals surface area contributed by atoms with Gasteiger partial charge in [0.1, 0.15) is 30.5 Å². The van der Waals surface area contributed by atoms with E-state index in [1.165, 1.54) is 10.6 Å². The Balaban J connectivity index is 0.000000304. The Bertz CT molecular complexity index is 2520. The highest BCUT2D eigenvalue weighted by atomic mass is 35.5. The average Bonchev–Trinajstić information content (AvgIpc) is 4.19. The first kappa shape index (κ1) is 58.0. The second kappa shape index (κ2) is 29.1. The molecule has 18 heteroatoms. The van der Waals surface area contributed by atoms with Gasteiger partial charge in [-0.15, -0.1) is 0 Å². The number of aromatic nitrogens is 6. The molecule has 2 aliphatic rings. The largest absolute Gasteiger partial charge is 0.491 e. The van der Waals surface area contributed by atoms with Crippen LogP contribution >= 0.6 is 23.2 Å². The van der Waals surface area contributed by atoms with E-state index < -0.39 is 11.7 Å². The molecule has 16 nitrogen and oxygen atoms in total. The lowest BCUT2D eigenvalue weighted by atomic mass is 10.0. The van der Waals surface area contributed by atoms with Crippen molar-refractivity contribution in [2.45, 2.75) is 137 Å². The molecule has 0 radical (unpaired) electrons. The number of H-pyrrole nitrogens is 1. The molecular formula is C56H80Cl2N8O8+2. The van der Waals surface area contributed by atoms with Gasteiger partial charge in [0.2, 0.25) is 12.1 Å². The molecule has 0 saturated carbocycles. The molecular weight excluding hydrogens is 984 g/mol. The molecule has 0 spiro atoms. The standard InChI is InChI=1S/C35H38Cl2N8O4.C21H40O4/c1-3-25(2)45-34(46)44(24-40-45)29-7-5-27(6-8-29)41-14-16-42(17-15-41)28-9-11-30(12-10-28)47-19-31-20-48-35(49-31,21-43-23-38-22-39-43)32-13-4-26(36)18-33(32)37;1-6-10-12-18(8-3)15-24-20(22)14-17(5)21(23)25-16-19(9-4)13-11-7-2/h4-13,18,22-25,31H,3,14-17,19-21H2,1-2H3;17-19H,6-16H2,1-5H3/p+2/t25?,31-,35-;/m0./s1. The van der Waals surface area contributed by atoms with Crippen LogP contribution < -0.4 is 24.9 Å². The van der Waals surface area contributed by atoms with Crippen molar-refractivity contribution in [2.75, 3.05) is 57.5 Å². The first-order chi connectivity index (χ1) is 35.8. The molecule has 2 fully saturated rings. The summed E-state index contributed by atoms with van der Waals surface area (Å²) in [7, 11) is 0. The van der Waals surface area contributed by atoms with Crippen LogP contribution in [0.25, 0.3) is 5.69 Å². The van der Waals surface area contributed by atoms with Crippen LogP contribution in [0.2, 0.25) is 10.0 Å². The van der Waals surface area contributed by atoms with E-state index in [0.29, 0.717) is 60.4 Å². The van der Waals surface area contributed by atoms with Crippen LogP contribution in [0.5, 0.6) is 5.75 Å². The predicted molar refractivity (Wildman–Crippen MR) is 287 cm³/mol. The van der Waals surface area contributed by atoms with Gasteiger partial charge >= 0.3 is 24.0 Å². The van der Waals surface area contributed by atoms with Gasteiger partial charge in [0.15, 0.2) is 6.54 Å². The van der Waals surface area contributed by atoms with Crippen LogP contribution in [0.15, 0.2) is 90.5 Å². The number of rotatable bonds is 26. The van der Waals surface area contributed by atoms with Gasteiger partial charge in [-0.3, -0.25) is 14.5 Å². The molecule has 4 unspecified atom stereocenters. The lowest BCUT2D eigenvalue weighted by Crippen LogP contribution is -3.10. The Morgan fingerprint density at radius 1 is 0.878 bits per heavy atom. The molecule has 404 valence electrons. The van der Waals surface area contributed by atoms with Crippen molar-refractivity contribution in [2.24, 2.45) is 17.8 Å². The highest BCUT2D eigenvalue weighted by molar-refractivity contribution is 6.35. The fraction of sp³-hybridized carbons (Fsp3) is 0.571. The summed E-state index contributed by atoms with van der Waals surface area (Å²) in [5, 5.41) is 8.35. The maximum Gasteiger partial charge on any atom is 0.350 e. The molecule has 4 heterocycles. The number of nitrogens with zero attached hydrogens (tertiary/aromatic N) is 6. The summed E-state index contributed by atoms with van der Waals surface area (Å²) in [6.45, 7) is 20.1. The van der Waals surface area contributed by atoms with Crippen molar-refractivity contribution in [3.8, 4) is 11.4 Å². The van der Waals surface area contributed by atoms with Gasteiger partial charge in [-0.1, -0.05) is 109 Å². The topological polar surface area (TPSA) is 160 Å². The third-order valence-corrected chi connectivity index (χ3v) is 14.8. The molecule has 2 aliphatic heterocycles. The third kappa shape index (κ3) is 16.4. The van der Waals surface area contributed by atoms with Crippen LogP contribution in [-0.2, 0) is 40.9 Å². The molecule has 0 aliphatic carbocycles.